The Morgan fingerprint density at radius 3 is 2.78 bits per heavy atom. The van der Waals surface area contributed by atoms with E-state index in [1.165, 1.54) is 0 Å². The number of para-hydroxylation sites is 1. The molecule has 0 aliphatic rings. The van der Waals surface area contributed by atoms with E-state index >= 15 is 0 Å². The highest BCUT2D eigenvalue weighted by Crippen LogP contribution is 2.22. The molecule has 96 valence electrons. The molecule has 18 heavy (non-hydrogen) atoms. The maximum atomic E-state index is 10.8. The Balaban J connectivity index is 2.41. The van der Waals surface area contributed by atoms with Crippen molar-refractivity contribution in [3.05, 3.63) is 36.0 Å². The van der Waals surface area contributed by atoms with Crippen molar-refractivity contribution in [3.8, 4) is 0 Å². The van der Waals surface area contributed by atoms with Gasteiger partial charge in [-0.1, -0.05) is 18.2 Å². The highest BCUT2D eigenvalue weighted by Gasteiger charge is 2.16. The summed E-state index contributed by atoms with van der Waals surface area (Å²) in [7, 11) is 0. The van der Waals surface area contributed by atoms with Gasteiger partial charge in [-0.05, 0) is 11.6 Å². The zero-order valence-electron chi connectivity index (χ0n) is 10.0. The second-order valence-electron chi connectivity index (χ2n) is 4.30. The maximum Gasteiger partial charge on any atom is 0.320 e. The lowest BCUT2D eigenvalue weighted by Crippen LogP contribution is -2.32. The van der Waals surface area contributed by atoms with Crippen LogP contribution < -0.4 is 11.5 Å². The van der Waals surface area contributed by atoms with Gasteiger partial charge in [-0.3, -0.25) is 4.79 Å². The Labute approximate surface area is 105 Å². The van der Waals surface area contributed by atoms with E-state index in [9.17, 15) is 4.79 Å². The second-order valence-corrected chi connectivity index (χ2v) is 4.30. The number of hydrogen-bond acceptors (Lipinski definition) is 3. The van der Waals surface area contributed by atoms with E-state index in [1.807, 2.05) is 35.0 Å². The third-order valence-corrected chi connectivity index (χ3v) is 3.00. The van der Waals surface area contributed by atoms with Crippen LogP contribution in [0.15, 0.2) is 30.5 Å². The maximum absolute atomic E-state index is 10.8. The van der Waals surface area contributed by atoms with Gasteiger partial charge in [-0.25, -0.2) is 0 Å². The van der Waals surface area contributed by atoms with Crippen LogP contribution >= 0.6 is 0 Å². The van der Waals surface area contributed by atoms with Crippen molar-refractivity contribution < 1.29 is 9.90 Å². The predicted octanol–water partition coefficient (Wildman–Crippen LogP) is 0.554. The predicted molar refractivity (Wildman–Crippen MR) is 70.3 cm³/mol. The monoisotopic (exact) mass is 247 g/mol. The third kappa shape index (κ3) is 2.37. The molecule has 5 nitrogen and oxygen atoms in total. The van der Waals surface area contributed by atoms with E-state index in [0.717, 1.165) is 16.5 Å². The molecule has 2 aromatic rings. The van der Waals surface area contributed by atoms with Crippen molar-refractivity contribution in [1.82, 2.24) is 4.57 Å². The van der Waals surface area contributed by atoms with Gasteiger partial charge in [0.2, 0.25) is 0 Å². The fourth-order valence-electron chi connectivity index (χ4n) is 2.13. The standard InChI is InChI=1S/C13H17N3O2/c14-5-6-16-8-9(7-11(15)13(17)18)10-3-1-2-4-12(10)16/h1-4,8,11H,5-7,14-15H2,(H,17,18)/t11-/m0/s1. The summed E-state index contributed by atoms with van der Waals surface area (Å²) in [5, 5.41) is 9.92. The van der Waals surface area contributed by atoms with Crippen molar-refractivity contribution in [2.75, 3.05) is 6.54 Å². The summed E-state index contributed by atoms with van der Waals surface area (Å²) in [6.45, 7) is 1.26. The van der Waals surface area contributed by atoms with E-state index in [0.29, 0.717) is 19.5 Å². The summed E-state index contributed by atoms with van der Waals surface area (Å²) in [6.07, 6.45) is 2.27. The van der Waals surface area contributed by atoms with E-state index in [4.69, 9.17) is 16.6 Å². The van der Waals surface area contributed by atoms with Gasteiger partial charge in [0.25, 0.3) is 0 Å². The van der Waals surface area contributed by atoms with Gasteiger partial charge in [0, 0.05) is 36.6 Å². The Morgan fingerprint density at radius 1 is 1.39 bits per heavy atom. The average molecular weight is 247 g/mol. The number of nitrogens with two attached hydrogens (primary N) is 2. The lowest BCUT2D eigenvalue weighted by Gasteiger charge is -2.04. The lowest BCUT2D eigenvalue weighted by molar-refractivity contribution is -0.138. The Morgan fingerprint density at radius 2 is 2.11 bits per heavy atom. The zero-order chi connectivity index (χ0) is 13.1. The van der Waals surface area contributed by atoms with Crippen LogP contribution in [0, 0.1) is 0 Å². The molecular weight excluding hydrogens is 230 g/mol. The number of carbonyl (C=O) groups is 1. The van der Waals surface area contributed by atoms with Crippen molar-refractivity contribution in [2.45, 2.75) is 19.0 Å². The van der Waals surface area contributed by atoms with Crippen LogP contribution in [-0.2, 0) is 17.8 Å². The molecule has 1 atom stereocenters. The molecule has 1 aromatic carbocycles. The van der Waals surface area contributed by atoms with Crippen molar-refractivity contribution in [3.63, 3.8) is 0 Å². The van der Waals surface area contributed by atoms with Crippen LogP contribution in [0.4, 0.5) is 0 Å². The van der Waals surface area contributed by atoms with E-state index < -0.39 is 12.0 Å². The van der Waals surface area contributed by atoms with Crippen LogP contribution in [0.2, 0.25) is 0 Å². The Bertz CT molecular complexity index is 562. The summed E-state index contributed by atoms with van der Waals surface area (Å²) >= 11 is 0. The van der Waals surface area contributed by atoms with Crippen molar-refractivity contribution in [1.29, 1.82) is 0 Å². The number of rotatable bonds is 5. The fourth-order valence-corrected chi connectivity index (χ4v) is 2.13. The first kappa shape index (κ1) is 12.6. The average Bonchev–Trinajstić information content (AvgIpc) is 2.69. The first-order valence-electron chi connectivity index (χ1n) is 5.88. The van der Waals surface area contributed by atoms with Gasteiger partial charge < -0.3 is 21.1 Å². The van der Waals surface area contributed by atoms with Gasteiger partial charge in [0.05, 0.1) is 0 Å². The van der Waals surface area contributed by atoms with E-state index in [1.54, 1.807) is 0 Å². The van der Waals surface area contributed by atoms with Crippen LogP contribution in [0.1, 0.15) is 5.56 Å². The summed E-state index contributed by atoms with van der Waals surface area (Å²) in [5.74, 6) is -0.981. The SMILES string of the molecule is NCCn1cc(C[C@H](N)C(=O)O)c2ccccc21. The van der Waals surface area contributed by atoms with Crippen molar-refractivity contribution >= 4 is 16.9 Å². The summed E-state index contributed by atoms with van der Waals surface area (Å²) in [5.41, 5.74) is 13.2. The molecular formula is C13H17N3O2. The molecule has 0 aliphatic carbocycles. The smallest absolute Gasteiger partial charge is 0.320 e. The first-order valence-corrected chi connectivity index (χ1v) is 5.88. The molecule has 5 N–H and O–H groups in total. The number of carboxylic acids is 1. The van der Waals surface area contributed by atoms with Gasteiger partial charge in [0.1, 0.15) is 6.04 Å². The van der Waals surface area contributed by atoms with Crippen LogP contribution in [0.3, 0.4) is 0 Å². The third-order valence-electron chi connectivity index (χ3n) is 3.00. The molecule has 5 heteroatoms. The molecule has 1 heterocycles. The lowest BCUT2D eigenvalue weighted by atomic mass is 10.1. The molecule has 0 aliphatic heterocycles. The molecule has 1 aromatic heterocycles. The molecule has 0 saturated heterocycles. The van der Waals surface area contributed by atoms with Gasteiger partial charge >= 0.3 is 5.97 Å². The number of aromatic nitrogens is 1. The number of nitrogens with zero attached hydrogens (tertiary/aromatic N) is 1. The Hall–Kier alpha value is -1.85. The highest BCUT2D eigenvalue weighted by atomic mass is 16.4. The summed E-state index contributed by atoms with van der Waals surface area (Å²) < 4.78 is 2.04. The topological polar surface area (TPSA) is 94.3 Å². The minimum atomic E-state index is -0.981. The van der Waals surface area contributed by atoms with Gasteiger partial charge in [-0.2, -0.15) is 0 Å². The number of aliphatic carboxylic acids is 1. The number of fused-ring (bicyclic) bond motifs is 1. The van der Waals surface area contributed by atoms with E-state index in [-0.39, 0.29) is 0 Å². The normalized spacial score (nSPS) is 12.8. The molecule has 0 fully saturated rings. The highest BCUT2D eigenvalue weighted by molar-refractivity contribution is 5.85. The van der Waals surface area contributed by atoms with Gasteiger partial charge in [0.15, 0.2) is 0 Å². The summed E-state index contributed by atoms with van der Waals surface area (Å²) in [6, 6.07) is 7.00. The molecule has 0 bridgehead atoms. The second kappa shape index (κ2) is 5.20. The Kier molecular flexibility index (Phi) is 3.64. The number of carboxylic acid groups (broad SMARTS) is 1. The first-order chi connectivity index (χ1) is 8.63. The molecule has 0 amide bonds. The van der Waals surface area contributed by atoms with Crippen LogP contribution in [-0.4, -0.2) is 28.2 Å². The minimum Gasteiger partial charge on any atom is -0.480 e. The molecule has 0 saturated carbocycles. The molecule has 0 radical (unpaired) electrons. The zero-order valence-corrected chi connectivity index (χ0v) is 10.0. The fraction of sp³-hybridized carbons (Fsp3) is 0.308. The minimum absolute atomic E-state index is 0.327. The quantitative estimate of drug-likeness (QED) is 0.719. The van der Waals surface area contributed by atoms with E-state index in [2.05, 4.69) is 0 Å². The largest absolute Gasteiger partial charge is 0.480 e. The summed E-state index contributed by atoms with van der Waals surface area (Å²) in [4.78, 5) is 10.8. The van der Waals surface area contributed by atoms with Crippen LogP contribution in [0.25, 0.3) is 10.9 Å². The van der Waals surface area contributed by atoms with Crippen molar-refractivity contribution in [2.24, 2.45) is 11.5 Å². The number of benzene rings is 1. The van der Waals surface area contributed by atoms with Gasteiger partial charge in [-0.15, -0.1) is 0 Å². The van der Waals surface area contributed by atoms with Crippen LogP contribution in [0.5, 0.6) is 0 Å². The number of hydrogen-bond donors (Lipinski definition) is 3. The molecule has 2 rings (SSSR count). The molecule has 0 unspecified atom stereocenters. The molecule has 0 spiro atoms.